The van der Waals surface area contributed by atoms with Crippen molar-refractivity contribution >= 4 is 16.9 Å². The highest BCUT2D eigenvalue weighted by atomic mass is 16.1. The van der Waals surface area contributed by atoms with Gasteiger partial charge in [0.15, 0.2) is 0 Å². The minimum Gasteiger partial charge on any atom is -0.352 e. The maximum Gasteiger partial charge on any atom is 0.251 e. The van der Waals surface area contributed by atoms with Crippen LogP contribution >= 0.6 is 0 Å². The van der Waals surface area contributed by atoms with E-state index in [1.807, 2.05) is 18.2 Å². The van der Waals surface area contributed by atoms with Gasteiger partial charge in [-0.25, -0.2) is 4.98 Å². The number of nitrogens with zero attached hydrogens (tertiary/aromatic N) is 4. The van der Waals surface area contributed by atoms with E-state index >= 15 is 0 Å². The van der Waals surface area contributed by atoms with Crippen molar-refractivity contribution in [3.8, 4) is 0 Å². The molecule has 6 heteroatoms. The number of nitrogens with one attached hydrogen (secondary N) is 1. The van der Waals surface area contributed by atoms with E-state index in [1.54, 1.807) is 24.5 Å². The molecular formula is C20H25N5O. The van der Waals surface area contributed by atoms with E-state index in [4.69, 9.17) is 4.98 Å². The monoisotopic (exact) mass is 351 g/mol. The van der Waals surface area contributed by atoms with E-state index in [0.717, 1.165) is 36.4 Å². The first kappa shape index (κ1) is 18.1. The van der Waals surface area contributed by atoms with Crippen LogP contribution in [0.25, 0.3) is 11.0 Å². The van der Waals surface area contributed by atoms with Crippen LogP contribution in [0.5, 0.6) is 0 Å². The second-order valence-electron chi connectivity index (χ2n) is 6.57. The van der Waals surface area contributed by atoms with Gasteiger partial charge in [0.1, 0.15) is 5.82 Å². The molecule has 0 unspecified atom stereocenters. The molecule has 2 heterocycles. The van der Waals surface area contributed by atoms with Crippen molar-refractivity contribution < 1.29 is 4.79 Å². The summed E-state index contributed by atoms with van der Waals surface area (Å²) in [6.07, 6.45) is 5.01. The number of carbonyl (C=O) groups is 1. The van der Waals surface area contributed by atoms with Gasteiger partial charge in [0.05, 0.1) is 11.0 Å². The van der Waals surface area contributed by atoms with Crippen LogP contribution in [0.4, 0.5) is 0 Å². The Kier molecular flexibility index (Phi) is 5.96. The first-order valence-corrected chi connectivity index (χ1v) is 8.92. The zero-order valence-electron chi connectivity index (χ0n) is 15.4. The number of fused-ring (bicyclic) bond motifs is 1. The summed E-state index contributed by atoms with van der Waals surface area (Å²) in [4.78, 5) is 23.1. The summed E-state index contributed by atoms with van der Waals surface area (Å²) in [5, 5.41) is 2.97. The fourth-order valence-electron chi connectivity index (χ4n) is 3.00. The average molecular weight is 351 g/mol. The lowest BCUT2D eigenvalue weighted by molar-refractivity contribution is 0.0954. The third-order valence-corrected chi connectivity index (χ3v) is 4.30. The molecule has 3 rings (SSSR count). The fraction of sp³-hybridized carbons (Fsp3) is 0.350. The molecule has 1 aromatic carbocycles. The normalized spacial score (nSPS) is 11.2. The number of aromatic nitrogens is 3. The lowest BCUT2D eigenvalue weighted by atomic mass is 10.2. The number of hydrogen-bond donors (Lipinski definition) is 1. The molecule has 2 aromatic heterocycles. The van der Waals surface area contributed by atoms with Gasteiger partial charge >= 0.3 is 0 Å². The Morgan fingerprint density at radius 1 is 1.15 bits per heavy atom. The third-order valence-electron chi connectivity index (χ3n) is 4.30. The van der Waals surface area contributed by atoms with Crippen LogP contribution in [-0.2, 0) is 13.0 Å². The number of para-hydroxylation sites is 2. The van der Waals surface area contributed by atoms with E-state index in [-0.39, 0.29) is 5.91 Å². The zero-order chi connectivity index (χ0) is 18.4. The maximum absolute atomic E-state index is 12.2. The molecule has 0 fully saturated rings. The van der Waals surface area contributed by atoms with Crippen LogP contribution in [-0.4, -0.2) is 52.5 Å². The van der Waals surface area contributed by atoms with E-state index < -0.39 is 0 Å². The second kappa shape index (κ2) is 8.58. The summed E-state index contributed by atoms with van der Waals surface area (Å²) in [6.45, 7) is 2.51. The molecule has 1 N–H and O–H groups in total. The number of rotatable bonds is 8. The van der Waals surface area contributed by atoms with E-state index in [2.05, 4.69) is 39.9 Å². The molecule has 26 heavy (non-hydrogen) atoms. The minimum atomic E-state index is -0.0809. The fourth-order valence-corrected chi connectivity index (χ4v) is 3.00. The average Bonchev–Trinajstić information content (AvgIpc) is 3.00. The highest BCUT2D eigenvalue weighted by Gasteiger charge is 2.11. The summed E-state index contributed by atoms with van der Waals surface area (Å²) >= 11 is 0. The van der Waals surface area contributed by atoms with Crippen molar-refractivity contribution in [3.63, 3.8) is 0 Å². The molecule has 0 saturated carbocycles. The summed E-state index contributed by atoms with van der Waals surface area (Å²) < 4.78 is 2.28. The van der Waals surface area contributed by atoms with Crippen molar-refractivity contribution in [2.75, 3.05) is 27.2 Å². The molecule has 6 nitrogen and oxygen atoms in total. The van der Waals surface area contributed by atoms with Gasteiger partial charge in [-0.15, -0.1) is 0 Å². The molecule has 0 bridgehead atoms. The maximum atomic E-state index is 12.2. The van der Waals surface area contributed by atoms with Gasteiger partial charge < -0.3 is 14.8 Å². The first-order chi connectivity index (χ1) is 12.6. The lowest BCUT2D eigenvalue weighted by Crippen LogP contribution is -2.26. The number of pyridine rings is 1. The molecule has 0 aliphatic carbocycles. The zero-order valence-corrected chi connectivity index (χ0v) is 15.4. The van der Waals surface area contributed by atoms with E-state index in [0.29, 0.717) is 18.5 Å². The molecule has 0 aliphatic heterocycles. The van der Waals surface area contributed by atoms with Gasteiger partial charge in [-0.1, -0.05) is 12.1 Å². The Hall–Kier alpha value is -2.73. The van der Waals surface area contributed by atoms with Gasteiger partial charge in [0.2, 0.25) is 0 Å². The van der Waals surface area contributed by atoms with Crippen molar-refractivity contribution in [3.05, 3.63) is 60.2 Å². The van der Waals surface area contributed by atoms with Crippen LogP contribution in [0.3, 0.4) is 0 Å². The number of aryl methyl sites for hydroxylation is 1. The standard InChI is InChI=1S/C20H25N5O/c1-24(2)14-5-15-25-18-7-4-3-6-17(18)23-19(25)10-13-22-20(26)16-8-11-21-12-9-16/h3-4,6-9,11-12H,5,10,13-15H2,1-2H3,(H,22,26). The highest BCUT2D eigenvalue weighted by Crippen LogP contribution is 2.17. The SMILES string of the molecule is CN(C)CCCn1c(CCNC(=O)c2ccncc2)nc2ccccc21. The predicted octanol–water partition coefficient (Wildman–Crippen LogP) is 2.36. The summed E-state index contributed by atoms with van der Waals surface area (Å²) in [5.41, 5.74) is 2.79. The summed E-state index contributed by atoms with van der Waals surface area (Å²) in [6, 6.07) is 11.6. The van der Waals surface area contributed by atoms with Gasteiger partial charge in [0.25, 0.3) is 5.91 Å². The van der Waals surface area contributed by atoms with E-state index in [1.165, 1.54) is 0 Å². The van der Waals surface area contributed by atoms with Gasteiger partial charge in [0, 0.05) is 37.5 Å². The van der Waals surface area contributed by atoms with Crippen molar-refractivity contribution in [2.45, 2.75) is 19.4 Å². The molecule has 136 valence electrons. The predicted molar refractivity (Wildman–Crippen MR) is 103 cm³/mol. The number of amides is 1. The molecule has 0 radical (unpaired) electrons. The van der Waals surface area contributed by atoms with Crippen LogP contribution < -0.4 is 5.32 Å². The van der Waals surface area contributed by atoms with E-state index in [9.17, 15) is 4.79 Å². The summed E-state index contributed by atoms with van der Waals surface area (Å²) in [7, 11) is 4.17. The quantitative estimate of drug-likeness (QED) is 0.677. The Morgan fingerprint density at radius 2 is 1.92 bits per heavy atom. The lowest BCUT2D eigenvalue weighted by Gasteiger charge is -2.12. The molecule has 1 amide bonds. The van der Waals surface area contributed by atoms with Crippen molar-refractivity contribution in [2.24, 2.45) is 0 Å². The van der Waals surface area contributed by atoms with Crippen LogP contribution in [0.15, 0.2) is 48.8 Å². The van der Waals surface area contributed by atoms with Crippen molar-refractivity contribution in [1.82, 2.24) is 24.8 Å². The topological polar surface area (TPSA) is 63.0 Å². The number of imidazole rings is 1. The second-order valence-corrected chi connectivity index (χ2v) is 6.57. The van der Waals surface area contributed by atoms with Gasteiger partial charge in [-0.2, -0.15) is 0 Å². The number of hydrogen-bond acceptors (Lipinski definition) is 4. The molecule has 0 spiro atoms. The van der Waals surface area contributed by atoms with Crippen LogP contribution in [0.1, 0.15) is 22.6 Å². The molecular weight excluding hydrogens is 326 g/mol. The Bertz CT molecular complexity index is 857. The van der Waals surface area contributed by atoms with Crippen molar-refractivity contribution in [1.29, 1.82) is 0 Å². The Balaban J connectivity index is 1.67. The number of carbonyl (C=O) groups excluding carboxylic acids is 1. The van der Waals surface area contributed by atoms with Gasteiger partial charge in [-0.05, 0) is 51.3 Å². The first-order valence-electron chi connectivity index (χ1n) is 8.92. The summed E-state index contributed by atoms with van der Waals surface area (Å²) in [5.74, 6) is 0.933. The van der Waals surface area contributed by atoms with Crippen LogP contribution in [0.2, 0.25) is 0 Å². The molecule has 0 atom stereocenters. The van der Waals surface area contributed by atoms with Crippen LogP contribution in [0, 0.1) is 0 Å². The number of benzene rings is 1. The Labute approximate surface area is 153 Å². The Morgan fingerprint density at radius 3 is 2.69 bits per heavy atom. The molecule has 0 aliphatic rings. The highest BCUT2D eigenvalue weighted by molar-refractivity contribution is 5.93. The smallest absolute Gasteiger partial charge is 0.251 e. The van der Waals surface area contributed by atoms with Gasteiger partial charge in [-0.3, -0.25) is 9.78 Å². The largest absolute Gasteiger partial charge is 0.352 e. The third kappa shape index (κ3) is 4.46. The minimum absolute atomic E-state index is 0.0809. The molecule has 3 aromatic rings. The molecule has 0 saturated heterocycles.